The van der Waals surface area contributed by atoms with Crippen molar-refractivity contribution in [3.63, 3.8) is 0 Å². The Kier molecular flexibility index (Phi) is 4.90. The molecular formula is C18H23N3O4S. The molecular weight excluding hydrogens is 354 g/mol. The average molecular weight is 377 g/mol. The van der Waals surface area contributed by atoms with E-state index in [0.717, 1.165) is 17.5 Å². The maximum absolute atomic E-state index is 12.8. The number of rotatable bonds is 4. The molecule has 2 atom stereocenters. The van der Waals surface area contributed by atoms with Crippen LogP contribution in [0.25, 0.3) is 0 Å². The molecule has 0 bridgehead atoms. The zero-order valence-electron chi connectivity index (χ0n) is 15.3. The molecule has 0 unspecified atom stereocenters. The van der Waals surface area contributed by atoms with Crippen LogP contribution in [0.3, 0.4) is 0 Å². The molecule has 1 aliphatic heterocycles. The lowest BCUT2D eigenvalue weighted by molar-refractivity contribution is -0.00710. The molecule has 26 heavy (non-hydrogen) atoms. The van der Waals surface area contributed by atoms with Crippen molar-refractivity contribution in [1.29, 1.82) is 0 Å². The van der Waals surface area contributed by atoms with Crippen LogP contribution in [0.2, 0.25) is 0 Å². The first kappa shape index (κ1) is 18.6. The molecule has 0 aliphatic carbocycles. The summed E-state index contributed by atoms with van der Waals surface area (Å²) in [5.41, 5.74) is 2.74. The Labute approximate surface area is 153 Å². The highest BCUT2D eigenvalue weighted by Crippen LogP contribution is 2.31. The number of carbonyl (C=O) groups excluding carboxylic acids is 1. The number of nitrogens with zero attached hydrogens (tertiary/aromatic N) is 2. The zero-order valence-corrected chi connectivity index (χ0v) is 16.1. The van der Waals surface area contributed by atoms with Gasteiger partial charge in [-0.25, -0.2) is 8.42 Å². The Morgan fingerprint density at radius 3 is 2.73 bits per heavy atom. The molecule has 7 nitrogen and oxygen atoms in total. The lowest BCUT2D eigenvalue weighted by Crippen LogP contribution is -2.28. The summed E-state index contributed by atoms with van der Waals surface area (Å²) in [5.74, 6) is -0.272. The molecule has 0 saturated heterocycles. The van der Waals surface area contributed by atoms with Gasteiger partial charge in [-0.05, 0) is 25.5 Å². The first-order valence-electron chi connectivity index (χ1n) is 8.46. The van der Waals surface area contributed by atoms with Crippen LogP contribution in [-0.2, 0) is 34.6 Å². The van der Waals surface area contributed by atoms with Crippen LogP contribution in [0.4, 0.5) is 0 Å². The lowest BCUT2D eigenvalue weighted by atomic mass is 9.99. The summed E-state index contributed by atoms with van der Waals surface area (Å²) in [4.78, 5) is 13.0. The van der Waals surface area contributed by atoms with Crippen molar-refractivity contribution in [3.05, 3.63) is 46.8 Å². The molecule has 1 aromatic heterocycles. The van der Waals surface area contributed by atoms with Gasteiger partial charge in [0.25, 0.3) is 5.91 Å². The van der Waals surface area contributed by atoms with Gasteiger partial charge in [0.1, 0.15) is 5.69 Å². The summed E-state index contributed by atoms with van der Waals surface area (Å²) < 4.78 is 31.1. The maximum atomic E-state index is 12.8. The van der Waals surface area contributed by atoms with Crippen LogP contribution >= 0.6 is 0 Å². The Morgan fingerprint density at radius 2 is 2.04 bits per heavy atom. The Hall–Kier alpha value is -2.19. The fourth-order valence-corrected chi connectivity index (χ4v) is 4.36. The summed E-state index contributed by atoms with van der Waals surface area (Å²) >= 11 is 0. The Balaban J connectivity index is 1.85. The molecule has 0 fully saturated rings. The van der Waals surface area contributed by atoms with Gasteiger partial charge in [-0.15, -0.1) is 0 Å². The van der Waals surface area contributed by atoms with Crippen LogP contribution in [-0.4, -0.2) is 36.5 Å². The third kappa shape index (κ3) is 3.52. The van der Waals surface area contributed by atoms with Gasteiger partial charge in [-0.2, -0.15) is 5.10 Å². The normalized spacial score (nSPS) is 19.8. The van der Waals surface area contributed by atoms with Crippen LogP contribution in [0, 0.1) is 0 Å². The first-order valence-corrected chi connectivity index (χ1v) is 10.3. The molecule has 0 radical (unpaired) electrons. The van der Waals surface area contributed by atoms with Crippen molar-refractivity contribution < 1.29 is 17.9 Å². The summed E-state index contributed by atoms with van der Waals surface area (Å²) in [6.07, 6.45) is 1.64. The minimum absolute atomic E-state index is 0.0132. The zero-order chi connectivity index (χ0) is 19.1. The summed E-state index contributed by atoms with van der Waals surface area (Å²) in [7, 11) is -1.63. The molecule has 140 valence electrons. The number of amides is 1. The van der Waals surface area contributed by atoms with Crippen molar-refractivity contribution in [2.24, 2.45) is 7.05 Å². The van der Waals surface area contributed by atoms with Gasteiger partial charge in [-0.3, -0.25) is 9.48 Å². The molecule has 1 N–H and O–H groups in total. The first-order chi connectivity index (χ1) is 12.2. The van der Waals surface area contributed by atoms with Gasteiger partial charge >= 0.3 is 0 Å². The molecule has 1 aliphatic rings. The number of benzene rings is 1. The van der Waals surface area contributed by atoms with E-state index in [1.165, 1.54) is 0 Å². The monoisotopic (exact) mass is 377 g/mol. The van der Waals surface area contributed by atoms with Crippen LogP contribution in [0.5, 0.6) is 0 Å². The molecule has 8 heteroatoms. The highest BCUT2D eigenvalue weighted by atomic mass is 32.2. The number of fused-ring (bicyclic) bond motifs is 1. The molecule has 0 spiro atoms. The van der Waals surface area contributed by atoms with Gasteiger partial charge in [0, 0.05) is 31.8 Å². The van der Waals surface area contributed by atoms with Gasteiger partial charge in [0.05, 0.1) is 22.8 Å². The van der Waals surface area contributed by atoms with E-state index in [2.05, 4.69) is 10.4 Å². The standard InChI is InChI=1S/C18H23N3O4S/c1-11-9-14-16(12(2)25-11)20-21(3)17(14)18(22)19-10-13-7-5-6-8-15(13)26(4,23)24/h5-8,11-12H,9-10H2,1-4H3,(H,19,22)/t11-,12+/m1/s1. The second-order valence-corrected chi connectivity index (χ2v) is 8.68. The van der Waals surface area contributed by atoms with Crippen molar-refractivity contribution >= 4 is 15.7 Å². The quantitative estimate of drug-likeness (QED) is 0.877. The van der Waals surface area contributed by atoms with E-state index >= 15 is 0 Å². The number of hydrogen-bond acceptors (Lipinski definition) is 5. The second-order valence-electron chi connectivity index (χ2n) is 6.69. The molecule has 1 amide bonds. The number of aromatic nitrogens is 2. The average Bonchev–Trinajstić information content (AvgIpc) is 2.88. The van der Waals surface area contributed by atoms with E-state index in [4.69, 9.17) is 4.74 Å². The van der Waals surface area contributed by atoms with Crippen LogP contribution < -0.4 is 5.32 Å². The van der Waals surface area contributed by atoms with Crippen molar-refractivity contribution in [1.82, 2.24) is 15.1 Å². The van der Waals surface area contributed by atoms with E-state index in [1.807, 2.05) is 13.8 Å². The van der Waals surface area contributed by atoms with Gasteiger partial charge < -0.3 is 10.1 Å². The summed E-state index contributed by atoms with van der Waals surface area (Å²) in [6, 6.07) is 6.67. The largest absolute Gasteiger partial charge is 0.369 e. The number of aryl methyl sites for hydroxylation is 1. The molecule has 0 saturated carbocycles. The lowest BCUT2D eigenvalue weighted by Gasteiger charge is -2.24. The van der Waals surface area contributed by atoms with Crippen LogP contribution in [0.15, 0.2) is 29.2 Å². The molecule has 3 rings (SSSR count). The fourth-order valence-electron chi connectivity index (χ4n) is 3.42. The maximum Gasteiger partial charge on any atom is 0.270 e. The van der Waals surface area contributed by atoms with E-state index in [0.29, 0.717) is 17.7 Å². The smallest absolute Gasteiger partial charge is 0.270 e. The van der Waals surface area contributed by atoms with Gasteiger partial charge in [0.2, 0.25) is 0 Å². The second kappa shape index (κ2) is 6.85. The highest BCUT2D eigenvalue weighted by Gasteiger charge is 2.31. The van der Waals surface area contributed by atoms with Crippen LogP contribution in [0.1, 0.15) is 47.3 Å². The SMILES string of the molecule is C[C@@H]1Cc2c(nn(C)c2C(=O)NCc2ccccc2S(C)(=O)=O)[C@H](C)O1. The highest BCUT2D eigenvalue weighted by molar-refractivity contribution is 7.90. The van der Waals surface area contributed by atoms with Crippen molar-refractivity contribution in [2.75, 3.05) is 6.26 Å². The molecule has 2 heterocycles. The minimum atomic E-state index is -3.36. The van der Waals surface area contributed by atoms with E-state index in [9.17, 15) is 13.2 Å². The summed E-state index contributed by atoms with van der Waals surface area (Å²) in [6.45, 7) is 4.02. The minimum Gasteiger partial charge on any atom is -0.369 e. The molecule has 2 aromatic rings. The van der Waals surface area contributed by atoms with E-state index in [1.54, 1.807) is 36.0 Å². The third-order valence-electron chi connectivity index (χ3n) is 4.52. The number of carbonyl (C=O) groups is 1. The van der Waals surface area contributed by atoms with Crippen molar-refractivity contribution in [3.8, 4) is 0 Å². The van der Waals surface area contributed by atoms with E-state index in [-0.39, 0.29) is 29.6 Å². The number of nitrogens with one attached hydrogen (secondary N) is 1. The Morgan fingerprint density at radius 1 is 1.35 bits per heavy atom. The number of hydrogen-bond donors (Lipinski definition) is 1. The van der Waals surface area contributed by atoms with Crippen molar-refractivity contribution in [2.45, 2.75) is 43.9 Å². The number of sulfone groups is 1. The van der Waals surface area contributed by atoms with Gasteiger partial charge in [0.15, 0.2) is 9.84 Å². The van der Waals surface area contributed by atoms with Gasteiger partial charge in [-0.1, -0.05) is 18.2 Å². The molecule has 1 aromatic carbocycles. The van der Waals surface area contributed by atoms with E-state index < -0.39 is 9.84 Å². The fraction of sp³-hybridized carbons (Fsp3) is 0.444. The predicted octanol–water partition coefficient (Wildman–Crippen LogP) is 1.78. The number of ether oxygens (including phenoxy) is 1. The topological polar surface area (TPSA) is 90.3 Å². The Bertz CT molecular complexity index is 949. The summed E-state index contributed by atoms with van der Waals surface area (Å²) in [5, 5.41) is 7.26. The third-order valence-corrected chi connectivity index (χ3v) is 5.71. The predicted molar refractivity (Wildman–Crippen MR) is 96.6 cm³/mol.